The first-order valence-electron chi connectivity index (χ1n) is 5.04. The number of rotatable bonds is 6. The van der Waals surface area contributed by atoms with Crippen molar-refractivity contribution in [2.75, 3.05) is 5.32 Å². The van der Waals surface area contributed by atoms with Crippen molar-refractivity contribution in [1.29, 1.82) is 0 Å². The van der Waals surface area contributed by atoms with Crippen LogP contribution in [0.15, 0.2) is 18.6 Å². The van der Waals surface area contributed by atoms with Crippen molar-refractivity contribution in [3.8, 4) is 0 Å². The minimum atomic E-state index is -2.38. The maximum atomic E-state index is 12.6. The number of hydrogen-bond acceptors (Lipinski definition) is 3. The largest absolute Gasteiger partial charge is 0.360 e. The Morgan fingerprint density at radius 2 is 2.20 bits per heavy atom. The normalized spacial score (nSPS) is 12.8. The molecule has 0 aliphatic heterocycles. The molecule has 0 fully saturated rings. The smallest absolute Gasteiger partial charge is 0.258 e. The molecule has 5 heteroatoms. The average molecular weight is 215 g/mol. The summed E-state index contributed by atoms with van der Waals surface area (Å²) in [5, 5.41) is 2.69. The van der Waals surface area contributed by atoms with Gasteiger partial charge in [-0.2, -0.15) is 0 Å². The minimum absolute atomic E-state index is 0.402. The molecule has 3 nitrogen and oxygen atoms in total. The van der Waals surface area contributed by atoms with Gasteiger partial charge in [0.15, 0.2) is 0 Å². The summed E-state index contributed by atoms with van der Waals surface area (Å²) >= 11 is 0. The highest BCUT2D eigenvalue weighted by Gasteiger charge is 2.19. The fourth-order valence-corrected chi connectivity index (χ4v) is 1.25. The van der Waals surface area contributed by atoms with Gasteiger partial charge in [-0.15, -0.1) is 0 Å². The Balaban J connectivity index is 2.51. The molecule has 0 aliphatic carbocycles. The van der Waals surface area contributed by atoms with E-state index in [2.05, 4.69) is 15.3 Å². The number of nitrogens with one attached hydrogen (secondary N) is 1. The molecule has 1 aromatic rings. The van der Waals surface area contributed by atoms with Gasteiger partial charge in [-0.1, -0.05) is 19.8 Å². The van der Waals surface area contributed by atoms with Crippen LogP contribution in [0.4, 0.5) is 14.6 Å². The number of hydrogen-bond donors (Lipinski definition) is 1. The molecule has 0 saturated heterocycles. The molecule has 1 aromatic heterocycles. The second kappa shape index (κ2) is 6.27. The summed E-state index contributed by atoms with van der Waals surface area (Å²) in [5.41, 5.74) is 0. The van der Waals surface area contributed by atoms with E-state index in [4.69, 9.17) is 0 Å². The third-order valence-electron chi connectivity index (χ3n) is 2.07. The predicted molar refractivity (Wildman–Crippen MR) is 55.0 cm³/mol. The van der Waals surface area contributed by atoms with Crippen LogP contribution < -0.4 is 5.32 Å². The van der Waals surface area contributed by atoms with Gasteiger partial charge in [0, 0.05) is 12.4 Å². The predicted octanol–water partition coefficient (Wildman–Crippen LogP) is 2.71. The van der Waals surface area contributed by atoms with Gasteiger partial charge in [0.05, 0.1) is 12.2 Å². The van der Waals surface area contributed by atoms with Gasteiger partial charge in [0.2, 0.25) is 0 Å². The van der Waals surface area contributed by atoms with E-state index in [0.717, 1.165) is 12.8 Å². The van der Waals surface area contributed by atoms with Crippen molar-refractivity contribution in [2.45, 2.75) is 38.7 Å². The number of aromatic nitrogens is 2. The van der Waals surface area contributed by atoms with Crippen LogP contribution in [-0.2, 0) is 0 Å². The Bertz CT molecular complexity index is 267. The topological polar surface area (TPSA) is 37.8 Å². The summed E-state index contributed by atoms with van der Waals surface area (Å²) in [7, 11) is 0. The summed E-state index contributed by atoms with van der Waals surface area (Å²) in [4.78, 5) is 7.71. The van der Waals surface area contributed by atoms with Crippen molar-refractivity contribution < 1.29 is 8.78 Å². The highest BCUT2D eigenvalue weighted by Crippen LogP contribution is 2.14. The second-order valence-electron chi connectivity index (χ2n) is 3.32. The summed E-state index contributed by atoms with van der Waals surface area (Å²) in [6.07, 6.45) is 4.19. The summed E-state index contributed by atoms with van der Waals surface area (Å²) in [5.74, 6) is 0.402. The van der Waals surface area contributed by atoms with E-state index >= 15 is 0 Å². The fraction of sp³-hybridized carbons (Fsp3) is 0.600. The molecule has 1 unspecified atom stereocenters. The first-order chi connectivity index (χ1) is 7.24. The lowest BCUT2D eigenvalue weighted by atomic mass is 10.1. The lowest BCUT2D eigenvalue weighted by molar-refractivity contribution is 0.119. The molecule has 0 bridgehead atoms. The Morgan fingerprint density at radius 3 is 2.73 bits per heavy atom. The molecule has 84 valence electrons. The van der Waals surface area contributed by atoms with Crippen LogP contribution in [0.3, 0.4) is 0 Å². The van der Waals surface area contributed by atoms with Gasteiger partial charge in [0.25, 0.3) is 6.43 Å². The average Bonchev–Trinajstić information content (AvgIpc) is 2.25. The molecular weight excluding hydrogens is 200 g/mol. The fourth-order valence-electron chi connectivity index (χ4n) is 1.25. The van der Waals surface area contributed by atoms with Crippen molar-refractivity contribution >= 4 is 5.82 Å². The number of unbranched alkanes of at least 4 members (excludes halogenated alkanes) is 1. The van der Waals surface area contributed by atoms with Crippen LogP contribution in [0.25, 0.3) is 0 Å². The quantitative estimate of drug-likeness (QED) is 0.792. The van der Waals surface area contributed by atoms with E-state index in [-0.39, 0.29) is 0 Å². The minimum Gasteiger partial charge on any atom is -0.360 e. The van der Waals surface area contributed by atoms with E-state index in [1.54, 1.807) is 0 Å². The molecule has 0 spiro atoms. The zero-order chi connectivity index (χ0) is 11.1. The number of alkyl halides is 2. The lowest BCUT2D eigenvalue weighted by Crippen LogP contribution is -2.28. The SMILES string of the molecule is CCCCC(Nc1cnccn1)C(F)F. The van der Waals surface area contributed by atoms with Gasteiger partial charge < -0.3 is 5.32 Å². The molecule has 0 aromatic carbocycles. The molecule has 1 heterocycles. The molecule has 1 atom stereocenters. The van der Waals surface area contributed by atoms with Crippen LogP contribution >= 0.6 is 0 Å². The molecule has 0 amide bonds. The van der Waals surface area contributed by atoms with Crippen molar-refractivity contribution in [1.82, 2.24) is 9.97 Å². The van der Waals surface area contributed by atoms with Crippen molar-refractivity contribution in [3.63, 3.8) is 0 Å². The Hall–Kier alpha value is -1.26. The molecule has 1 rings (SSSR count). The second-order valence-corrected chi connectivity index (χ2v) is 3.32. The third-order valence-corrected chi connectivity index (χ3v) is 2.07. The summed E-state index contributed by atoms with van der Waals surface area (Å²) in [6, 6.07) is -0.832. The Morgan fingerprint density at radius 1 is 1.40 bits per heavy atom. The standard InChI is InChI=1S/C10H15F2N3/c1-2-3-4-8(10(11)12)15-9-7-13-5-6-14-9/h5-8,10H,2-4H2,1H3,(H,14,15). The lowest BCUT2D eigenvalue weighted by Gasteiger charge is -2.17. The Labute approximate surface area is 87.9 Å². The van der Waals surface area contributed by atoms with Crippen molar-refractivity contribution in [3.05, 3.63) is 18.6 Å². The number of nitrogens with zero attached hydrogens (tertiary/aromatic N) is 2. The van der Waals surface area contributed by atoms with E-state index in [1.807, 2.05) is 6.92 Å². The monoisotopic (exact) mass is 215 g/mol. The van der Waals surface area contributed by atoms with E-state index < -0.39 is 12.5 Å². The van der Waals surface area contributed by atoms with E-state index in [0.29, 0.717) is 12.2 Å². The Kier molecular flexibility index (Phi) is 4.93. The van der Waals surface area contributed by atoms with Gasteiger partial charge in [-0.25, -0.2) is 13.8 Å². The molecule has 15 heavy (non-hydrogen) atoms. The van der Waals surface area contributed by atoms with Crippen LogP contribution in [-0.4, -0.2) is 22.4 Å². The van der Waals surface area contributed by atoms with Gasteiger partial charge >= 0.3 is 0 Å². The molecule has 1 N–H and O–H groups in total. The molecule has 0 aliphatic rings. The third kappa shape index (κ3) is 4.18. The van der Waals surface area contributed by atoms with Crippen LogP contribution in [0.5, 0.6) is 0 Å². The first kappa shape index (κ1) is 11.8. The van der Waals surface area contributed by atoms with E-state index in [1.165, 1.54) is 18.6 Å². The van der Waals surface area contributed by atoms with Crippen LogP contribution in [0, 0.1) is 0 Å². The zero-order valence-corrected chi connectivity index (χ0v) is 8.66. The first-order valence-corrected chi connectivity index (χ1v) is 5.04. The summed E-state index contributed by atoms with van der Waals surface area (Å²) < 4.78 is 25.2. The molecule has 0 radical (unpaired) electrons. The van der Waals surface area contributed by atoms with Crippen molar-refractivity contribution in [2.24, 2.45) is 0 Å². The maximum absolute atomic E-state index is 12.6. The highest BCUT2D eigenvalue weighted by atomic mass is 19.3. The number of halogens is 2. The van der Waals surface area contributed by atoms with Crippen LogP contribution in [0.2, 0.25) is 0 Å². The highest BCUT2D eigenvalue weighted by molar-refractivity contribution is 5.31. The van der Waals surface area contributed by atoms with Gasteiger partial charge in [-0.3, -0.25) is 4.98 Å². The maximum Gasteiger partial charge on any atom is 0.258 e. The number of anilines is 1. The van der Waals surface area contributed by atoms with E-state index in [9.17, 15) is 8.78 Å². The van der Waals surface area contributed by atoms with Gasteiger partial charge in [-0.05, 0) is 6.42 Å². The molecule has 0 saturated carbocycles. The van der Waals surface area contributed by atoms with Gasteiger partial charge in [0.1, 0.15) is 5.82 Å². The zero-order valence-electron chi connectivity index (χ0n) is 8.66. The van der Waals surface area contributed by atoms with Crippen LogP contribution in [0.1, 0.15) is 26.2 Å². The molecular formula is C10H15F2N3. The summed E-state index contributed by atoms with van der Waals surface area (Å²) in [6.45, 7) is 1.98.